The quantitative estimate of drug-likeness (QED) is 0.487. The van der Waals surface area contributed by atoms with Gasteiger partial charge in [-0.3, -0.25) is 0 Å². The van der Waals surface area contributed by atoms with Gasteiger partial charge in [-0.15, -0.1) is 12.4 Å². The number of rotatable bonds is 0. The van der Waals surface area contributed by atoms with E-state index in [2.05, 4.69) is 5.32 Å². The molecule has 4 N–H and O–H groups in total. The van der Waals surface area contributed by atoms with Crippen LogP contribution in [-0.4, -0.2) is 29.8 Å². The van der Waals surface area contributed by atoms with Crippen LogP contribution in [0.4, 0.5) is 0 Å². The zero-order valence-electron chi connectivity index (χ0n) is 5.26. The number of aliphatic hydroxyl groups excluding tert-OH is 1. The number of hydrogen-bond donors (Lipinski definition) is 2. The maximum absolute atomic E-state index is 8.87. The molecule has 1 fully saturated rings. The van der Waals surface area contributed by atoms with Crippen LogP contribution in [0, 0.1) is 0 Å². The van der Waals surface area contributed by atoms with Gasteiger partial charge < -0.3 is 15.9 Å². The lowest BCUT2D eigenvalue weighted by Gasteiger charge is -2.16. The first kappa shape index (κ1) is 11.9. The third-order valence-electron chi connectivity index (χ3n) is 1.31. The van der Waals surface area contributed by atoms with Gasteiger partial charge in [-0.1, -0.05) is 0 Å². The van der Waals surface area contributed by atoms with Gasteiger partial charge in [0.25, 0.3) is 0 Å². The summed E-state index contributed by atoms with van der Waals surface area (Å²) >= 11 is 0. The maximum Gasteiger partial charge on any atom is 0.0564 e. The highest BCUT2D eigenvalue weighted by Gasteiger charge is 2.06. The Morgan fingerprint density at radius 3 is 1.89 bits per heavy atom. The largest absolute Gasteiger partial charge is 0.412 e. The Morgan fingerprint density at radius 2 is 1.67 bits per heavy atom. The van der Waals surface area contributed by atoms with Crippen molar-refractivity contribution in [1.29, 1.82) is 0 Å². The van der Waals surface area contributed by atoms with E-state index in [4.69, 9.17) is 5.11 Å². The molecule has 0 aromatic rings. The van der Waals surface area contributed by atoms with Gasteiger partial charge >= 0.3 is 0 Å². The van der Waals surface area contributed by atoms with Gasteiger partial charge in [0.2, 0.25) is 0 Å². The van der Waals surface area contributed by atoms with E-state index in [1.54, 1.807) is 0 Å². The molecule has 58 valence electrons. The summed E-state index contributed by atoms with van der Waals surface area (Å²) in [6.07, 6.45) is 1.83. The van der Waals surface area contributed by atoms with Crippen molar-refractivity contribution in [2.75, 3.05) is 13.1 Å². The van der Waals surface area contributed by atoms with Gasteiger partial charge in [-0.25, -0.2) is 0 Å². The Bertz CT molecular complexity index is 56.9. The van der Waals surface area contributed by atoms with Crippen molar-refractivity contribution in [2.45, 2.75) is 18.9 Å². The number of piperidine rings is 1. The topological polar surface area (TPSA) is 63.8 Å². The van der Waals surface area contributed by atoms with Crippen molar-refractivity contribution in [1.82, 2.24) is 5.32 Å². The fraction of sp³-hybridized carbons (Fsp3) is 1.00. The third-order valence-corrected chi connectivity index (χ3v) is 1.31. The summed E-state index contributed by atoms with van der Waals surface area (Å²) in [4.78, 5) is 0. The first-order chi connectivity index (χ1) is 3.39. The monoisotopic (exact) mass is 155 g/mol. The van der Waals surface area contributed by atoms with Crippen LogP contribution in [0.15, 0.2) is 0 Å². The molecule has 1 aliphatic rings. The van der Waals surface area contributed by atoms with Crippen LogP contribution in [0.25, 0.3) is 0 Å². The summed E-state index contributed by atoms with van der Waals surface area (Å²) in [5.41, 5.74) is 0. The molecule has 0 bridgehead atoms. The lowest BCUT2D eigenvalue weighted by Crippen LogP contribution is -2.30. The van der Waals surface area contributed by atoms with E-state index < -0.39 is 0 Å². The molecule has 0 spiro atoms. The molecule has 1 saturated heterocycles. The van der Waals surface area contributed by atoms with E-state index in [1.807, 2.05) is 0 Å². The van der Waals surface area contributed by atoms with Gasteiger partial charge in [0.1, 0.15) is 0 Å². The number of aliphatic hydroxyl groups is 1. The first-order valence-electron chi connectivity index (χ1n) is 2.78. The Balaban J connectivity index is 0. The summed E-state index contributed by atoms with van der Waals surface area (Å²) in [5.74, 6) is 0. The number of hydrogen-bond acceptors (Lipinski definition) is 2. The normalized spacial score (nSPS) is 19.7. The third kappa shape index (κ3) is 4.66. The van der Waals surface area contributed by atoms with Crippen LogP contribution in [-0.2, 0) is 0 Å². The minimum Gasteiger partial charge on any atom is -0.412 e. The molecule has 0 amide bonds. The van der Waals surface area contributed by atoms with Crippen LogP contribution >= 0.6 is 12.4 Å². The Labute approximate surface area is 61.2 Å². The van der Waals surface area contributed by atoms with Gasteiger partial charge in [0.05, 0.1) is 6.10 Å². The molecule has 0 radical (unpaired) electrons. The van der Waals surface area contributed by atoms with Crippen molar-refractivity contribution >= 4 is 12.4 Å². The molecule has 0 aromatic heterocycles. The molecule has 1 rings (SSSR count). The van der Waals surface area contributed by atoms with Crippen molar-refractivity contribution in [3.63, 3.8) is 0 Å². The zero-order valence-corrected chi connectivity index (χ0v) is 6.08. The molecule has 0 aliphatic carbocycles. The van der Waals surface area contributed by atoms with E-state index in [0.29, 0.717) is 0 Å². The van der Waals surface area contributed by atoms with E-state index >= 15 is 0 Å². The van der Waals surface area contributed by atoms with E-state index in [1.165, 1.54) is 0 Å². The van der Waals surface area contributed by atoms with Crippen LogP contribution in [0.5, 0.6) is 0 Å². The van der Waals surface area contributed by atoms with E-state index in [-0.39, 0.29) is 24.0 Å². The SMILES string of the molecule is Cl.O.OC1CCNCC1. The van der Waals surface area contributed by atoms with Crippen molar-refractivity contribution in [2.24, 2.45) is 0 Å². The van der Waals surface area contributed by atoms with E-state index in [0.717, 1.165) is 25.9 Å². The maximum atomic E-state index is 8.87. The van der Waals surface area contributed by atoms with Crippen molar-refractivity contribution < 1.29 is 10.6 Å². The highest BCUT2D eigenvalue weighted by molar-refractivity contribution is 5.85. The molecule has 0 aromatic carbocycles. The van der Waals surface area contributed by atoms with Gasteiger partial charge in [0.15, 0.2) is 0 Å². The molecular weight excluding hydrogens is 142 g/mol. The molecule has 1 heterocycles. The summed E-state index contributed by atoms with van der Waals surface area (Å²) in [6.45, 7) is 1.97. The highest BCUT2D eigenvalue weighted by Crippen LogP contribution is 1.99. The van der Waals surface area contributed by atoms with Crippen molar-refractivity contribution in [3.8, 4) is 0 Å². The van der Waals surface area contributed by atoms with E-state index in [9.17, 15) is 0 Å². The number of nitrogens with one attached hydrogen (secondary N) is 1. The molecular formula is C5H14ClNO2. The molecule has 4 heteroatoms. The fourth-order valence-corrected chi connectivity index (χ4v) is 0.807. The van der Waals surface area contributed by atoms with Crippen LogP contribution < -0.4 is 5.32 Å². The van der Waals surface area contributed by atoms with Crippen LogP contribution in [0.2, 0.25) is 0 Å². The molecule has 0 saturated carbocycles. The summed E-state index contributed by atoms with van der Waals surface area (Å²) in [6, 6.07) is 0. The van der Waals surface area contributed by atoms with Gasteiger partial charge in [-0.05, 0) is 25.9 Å². The lowest BCUT2D eigenvalue weighted by molar-refractivity contribution is 0.137. The second-order valence-corrected chi connectivity index (χ2v) is 1.98. The first-order valence-corrected chi connectivity index (χ1v) is 2.78. The second kappa shape index (κ2) is 6.29. The highest BCUT2D eigenvalue weighted by atomic mass is 35.5. The van der Waals surface area contributed by atoms with Crippen LogP contribution in [0.3, 0.4) is 0 Å². The average molecular weight is 156 g/mol. The molecule has 0 atom stereocenters. The predicted octanol–water partition coefficient (Wildman–Crippen LogP) is -0.672. The molecule has 9 heavy (non-hydrogen) atoms. The van der Waals surface area contributed by atoms with Gasteiger partial charge in [0, 0.05) is 0 Å². The summed E-state index contributed by atoms with van der Waals surface area (Å²) in [7, 11) is 0. The minimum atomic E-state index is -0.0266. The minimum absolute atomic E-state index is 0. The fourth-order valence-electron chi connectivity index (χ4n) is 0.807. The Hall–Kier alpha value is 0.170. The van der Waals surface area contributed by atoms with Crippen molar-refractivity contribution in [3.05, 3.63) is 0 Å². The van der Waals surface area contributed by atoms with Gasteiger partial charge in [-0.2, -0.15) is 0 Å². The average Bonchev–Trinajstić information content (AvgIpc) is 1.69. The molecule has 1 aliphatic heterocycles. The zero-order chi connectivity index (χ0) is 5.11. The second-order valence-electron chi connectivity index (χ2n) is 1.98. The molecule has 3 nitrogen and oxygen atoms in total. The standard InChI is InChI=1S/C5H11NO.ClH.H2O/c7-5-1-3-6-4-2-5;;/h5-7H,1-4H2;1H;1H2. The molecule has 0 unspecified atom stereocenters. The summed E-state index contributed by atoms with van der Waals surface area (Å²) < 4.78 is 0. The van der Waals surface area contributed by atoms with Crippen LogP contribution in [0.1, 0.15) is 12.8 Å². The Morgan fingerprint density at radius 1 is 1.22 bits per heavy atom. The predicted molar refractivity (Wildman–Crippen MR) is 39.0 cm³/mol. The smallest absolute Gasteiger partial charge is 0.0564 e. The number of halogens is 1. The summed E-state index contributed by atoms with van der Waals surface area (Å²) in [5, 5.41) is 12.0. The Kier molecular flexibility index (Phi) is 8.32. The lowest BCUT2D eigenvalue weighted by atomic mass is 10.1.